The lowest BCUT2D eigenvalue weighted by molar-refractivity contribution is 0.564. The van der Waals surface area contributed by atoms with Gasteiger partial charge < -0.3 is 5.73 Å². The maximum Gasteiger partial charge on any atom is 0.212 e. The van der Waals surface area contributed by atoms with Crippen molar-refractivity contribution in [3.63, 3.8) is 0 Å². The smallest absolute Gasteiger partial charge is 0.212 e. The third kappa shape index (κ3) is 4.26. The molecule has 5 nitrogen and oxygen atoms in total. The Bertz CT molecular complexity index is 405. The Morgan fingerprint density at radius 3 is 2.62 bits per heavy atom. The summed E-state index contributed by atoms with van der Waals surface area (Å²) in [5.74, 6) is 0.0684. The zero-order valence-corrected chi connectivity index (χ0v) is 10.1. The molecule has 0 amide bonds. The molecule has 0 bridgehead atoms. The molecule has 3 N–H and O–H groups in total. The highest BCUT2D eigenvalue weighted by atomic mass is 32.2. The summed E-state index contributed by atoms with van der Waals surface area (Å²) >= 11 is 0. The van der Waals surface area contributed by atoms with Crippen LogP contribution >= 0.6 is 0 Å². The summed E-state index contributed by atoms with van der Waals surface area (Å²) in [5, 5.41) is 0. The van der Waals surface area contributed by atoms with Gasteiger partial charge >= 0.3 is 0 Å². The number of pyridine rings is 1. The molecule has 0 saturated heterocycles. The maximum absolute atomic E-state index is 11.6. The van der Waals surface area contributed by atoms with E-state index in [9.17, 15) is 8.42 Å². The lowest BCUT2D eigenvalue weighted by atomic mass is 10.1. The standard InChI is InChI=1S/C10H17N3O2S/c1-9(10-3-6-12-7-4-10)13-16(14,15)8-2-5-11/h3-4,6-7,9,13H,2,5,8,11H2,1H3. The Hall–Kier alpha value is -0.980. The predicted octanol–water partition coefficient (Wildman–Crippen LogP) is 0.411. The molecule has 0 aliphatic carbocycles. The molecule has 90 valence electrons. The van der Waals surface area contributed by atoms with E-state index in [0.717, 1.165) is 5.56 Å². The first-order valence-corrected chi connectivity index (χ1v) is 6.80. The number of nitrogens with one attached hydrogen (secondary N) is 1. The van der Waals surface area contributed by atoms with Crippen molar-refractivity contribution in [2.75, 3.05) is 12.3 Å². The van der Waals surface area contributed by atoms with E-state index >= 15 is 0 Å². The SMILES string of the molecule is CC(NS(=O)(=O)CCCN)c1ccncc1. The molecule has 0 spiro atoms. The highest BCUT2D eigenvalue weighted by molar-refractivity contribution is 7.89. The molecule has 0 aliphatic rings. The van der Waals surface area contributed by atoms with E-state index in [-0.39, 0.29) is 11.8 Å². The molecule has 0 aliphatic heterocycles. The highest BCUT2D eigenvalue weighted by Crippen LogP contribution is 2.11. The molecule has 0 aromatic carbocycles. The summed E-state index contributed by atoms with van der Waals surface area (Å²) < 4.78 is 25.8. The van der Waals surface area contributed by atoms with Crippen molar-refractivity contribution < 1.29 is 8.42 Å². The third-order valence-electron chi connectivity index (χ3n) is 2.18. The van der Waals surface area contributed by atoms with Crippen molar-refractivity contribution in [3.05, 3.63) is 30.1 Å². The molecule has 16 heavy (non-hydrogen) atoms. The van der Waals surface area contributed by atoms with Crippen LogP contribution in [0.5, 0.6) is 0 Å². The second-order valence-electron chi connectivity index (χ2n) is 3.58. The first kappa shape index (κ1) is 13.1. The summed E-state index contributed by atoms with van der Waals surface area (Å²) in [5.41, 5.74) is 6.17. The molecule has 1 aromatic heterocycles. The Labute approximate surface area is 96.1 Å². The Balaban J connectivity index is 2.61. The third-order valence-corrected chi connectivity index (χ3v) is 3.72. The van der Waals surface area contributed by atoms with Gasteiger partial charge in [-0.2, -0.15) is 0 Å². The fourth-order valence-corrected chi connectivity index (χ4v) is 2.66. The number of nitrogens with two attached hydrogens (primary N) is 1. The summed E-state index contributed by atoms with van der Waals surface area (Å²) in [6.45, 7) is 2.18. The average molecular weight is 243 g/mol. The van der Waals surface area contributed by atoms with Crippen LogP contribution in [0.15, 0.2) is 24.5 Å². The molecule has 1 heterocycles. The molecule has 0 saturated carbocycles. The second-order valence-corrected chi connectivity index (χ2v) is 5.45. The maximum atomic E-state index is 11.6. The molecule has 0 radical (unpaired) electrons. The largest absolute Gasteiger partial charge is 0.330 e. The number of sulfonamides is 1. The van der Waals surface area contributed by atoms with Gasteiger partial charge in [0.1, 0.15) is 0 Å². The zero-order valence-electron chi connectivity index (χ0n) is 9.26. The van der Waals surface area contributed by atoms with Crippen molar-refractivity contribution in [1.82, 2.24) is 9.71 Å². The number of hydrogen-bond donors (Lipinski definition) is 2. The predicted molar refractivity (Wildman–Crippen MR) is 63.2 cm³/mol. The van der Waals surface area contributed by atoms with Gasteiger partial charge in [0.05, 0.1) is 5.75 Å². The van der Waals surface area contributed by atoms with Crippen molar-refractivity contribution in [1.29, 1.82) is 0 Å². The lowest BCUT2D eigenvalue weighted by Crippen LogP contribution is -2.29. The van der Waals surface area contributed by atoms with E-state index in [1.54, 1.807) is 31.5 Å². The number of aromatic nitrogens is 1. The van der Waals surface area contributed by atoms with Crippen LogP contribution < -0.4 is 10.5 Å². The van der Waals surface area contributed by atoms with Gasteiger partial charge in [-0.05, 0) is 37.6 Å². The molecule has 1 unspecified atom stereocenters. The van der Waals surface area contributed by atoms with Gasteiger partial charge in [0, 0.05) is 18.4 Å². The quantitative estimate of drug-likeness (QED) is 0.758. The van der Waals surface area contributed by atoms with Crippen LogP contribution in [0.25, 0.3) is 0 Å². The fourth-order valence-electron chi connectivity index (χ4n) is 1.32. The topological polar surface area (TPSA) is 85.1 Å². The minimum Gasteiger partial charge on any atom is -0.330 e. The average Bonchev–Trinajstić information content (AvgIpc) is 2.27. The van der Waals surface area contributed by atoms with Crippen LogP contribution in [0.4, 0.5) is 0 Å². The summed E-state index contributed by atoms with van der Waals surface area (Å²) in [4.78, 5) is 3.88. The van der Waals surface area contributed by atoms with Crippen LogP contribution in [0.1, 0.15) is 24.9 Å². The summed E-state index contributed by atoms with van der Waals surface area (Å²) in [7, 11) is -3.24. The molecular weight excluding hydrogens is 226 g/mol. The molecule has 1 aromatic rings. The van der Waals surface area contributed by atoms with Crippen molar-refractivity contribution in [2.45, 2.75) is 19.4 Å². The fraction of sp³-hybridized carbons (Fsp3) is 0.500. The van der Waals surface area contributed by atoms with Gasteiger partial charge in [0.25, 0.3) is 0 Å². The lowest BCUT2D eigenvalue weighted by Gasteiger charge is -2.13. The summed E-state index contributed by atoms with van der Waals surface area (Å²) in [6.07, 6.45) is 3.75. The minimum absolute atomic E-state index is 0.0684. The molecular formula is C10H17N3O2S. The molecule has 1 atom stereocenters. The highest BCUT2D eigenvalue weighted by Gasteiger charge is 2.14. The zero-order chi connectivity index (χ0) is 12.0. The van der Waals surface area contributed by atoms with Crippen LogP contribution in [0.2, 0.25) is 0 Å². The molecule has 6 heteroatoms. The van der Waals surface area contributed by atoms with Gasteiger partial charge in [-0.15, -0.1) is 0 Å². The van der Waals surface area contributed by atoms with Gasteiger partial charge in [-0.1, -0.05) is 0 Å². The normalized spacial score (nSPS) is 13.6. The van der Waals surface area contributed by atoms with E-state index in [1.807, 2.05) is 0 Å². The van der Waals surface area contributed by atoms with Gasteiger partial charge in [-0.3, -0.25) is 4.98 Å². The van der Waals surface area contributed by atoms with Crippen LogP contribution in [-0.2, 0) is 10.0 Å². The van der Waals surface area contributed by atoms with E-state index in [0.29, 0.717) is 13.0 Å². The number of hydrogen-bond acceptors (Lipinski definition) is 4. The van der Waals surface area contributed by atoms with Crippen molar-refractivity contribution in [2.24, 2.45) is 5.73 Å². The molecule has 0 fully saturated rings. The first-order chi connectivity index (χ1) is 7.55. The minimum atomic E-state index is -3.24. The van der Waals surface area contributed by atoms with E-state index in [2.05, 4.69) is 9.71 Å². The number of nitrogens with zero attached hydrogens (tertiary/aromatic N) is 1. The Morgan fingerprint density at radius 1 is 1.44 bits per heavy atom. The summed E-state index contributed by atoms with van der Waals surface area (Å²) in [6, 6.07) is 3.33. The molecule has 1 rings (SSSR count). The number of rotatable bonds is 6. The van der Waals surface area contributed by atoms with E-state index in [1.165, 1.54) is 0 Å². The van der Waals surface area contributed by atoms with Gasteiger partial charge in [0.2, 0.25) is 10.0 Å². The first-order valence-electron chi connectivity index (χ1n) is 5.15. The van der Waals surface area contributed by atoms with Crippen LogP contribution in [0, 0.1) is 0 Å². The Kier molecular flexibility index (Phi) is 4.85. The van der Waals surface area contributed by atoms with Crippen LogP contribution in [0.3, 0.4) is 0 Å². The van der Waals surface area contributed by atoms with Crippen molar-refractivity contribution in [3.8, 4) is 0 Å². The van der Waals surface area contributed by atoms with Gasteiger partial charge in [-0.25, -0.2) is 13.1 Å². The monoisotopic (exact) mass is 243 g/mol. The van der Waals surface area contributed by atoms with Gasteiger partial charge in [0.15, 0.2) is 0 Å². The van der Waals surface area contributed by atoms with Crippen LogP contribution in [-0.4, -0.2) is 25.7 Å². The van der Waals surface area contributed by atoms with E-state index < -0.39 is 10.0 Å². The van der Waals surface area contributed by atoms with Crippen molar-refractivity contribution >= 4 is 10.0 Å². The second kappa shape index (κ2) is 5.93. The Morgan fingerprint density at radius 2 is 2.06 bits per heavy atom. The van der Waals surface area contributed by atoms with E-state index in [4.69, 9.17) is 5.73 Å².